The van der Waals surface area contributed by atoms with Crippen LogP contribution in [0.5, 0.6) is 11.5 Å². The van der Waals surface area contributed by atoms with Gasteiger partial charge < -0.3 is 19.7 Å². The first-order chi connectivity index (χ1) is 17.1. The lowest BCUT2D eigenvalue weighted by molar-refractivity contribution is -0.121. The highest BCUT2D eigenvalue weighted by molar-refractivity contribution is 5.83. The Balaban J connectivity index is 1.51. The molecule has 9 heteroatoms. The minimum atomic E-state index is -0.112. The number of benzene rings is 2. The van der Waals surface area contributed by atoms with E-state index in [-0.39, 0.29) is 12.5 Å². The number of nitrogens with zero attached hydrogens (tertiary/aromatic N) is 5. The highest BCUT2D eigenvalue weighted by Crippen LogP contribution is 2.38. The average Bonchev–Trinajstić information content (AvgIpc) is 3.61. The van der Waals surface area contributed by atoms with Crippen LogP contribution >= 0.6 is 0 Å². The van der Waals surface area contributed by atoms with Gasteiger partial charge in [-0.1, -0.05) is 0 Å². The normalized spacial score (nSPS) is 13.0. The maximum Gasteiger partial charge on any atom is 0.241 e. The van der Waals surface area contributed by atoms with E-state index in [0.29, 0.717) is 11.6 Å². The van der Waals surface area contributed by atoms with Crippen LogP contribution < -0.4 is 19.7 Å². The van der Waals surface area contributed by atoms with Crippen molar-refractivity contribution in [3.05, 3.63) is 55.0 Å². The van der Waals surface area contributed by atoms with E-state index >= 15 is 0 Å². The SMILES string of the molecule is CNC(=O)Cn1cc(-c2cnc3ccc(N(CC4CC4)c4cc(OC)cc(OC)c4)cc3n2)cn1. The Morgan fingerprint density at radius 3 is 2.51 bits per heavy atom. The van der Waals surface area contributed by atoms with Gasteiger partial charge >= 0.3 is 0 Å². The Labute approximate surface area is 203 Å². The molecule has 2 heterocycles. The van der Waals surface area contributed by atoms with Crippen LogP contribution in [0.15, 0.2) is 55.0 Å². The molecule has 1 aliphatic rings. The van der Waals surface area contributed by atoms with Crippen molar-refractivity contribution in [1.29, 1.82) is 0 Å². The van der Waals surface area contributed by atoms with Gasteiger partial charge in [-0.3, -0.25) is 14.5 Å². The van der Waals surface area contributed by atoms with Gasteiger partial charge in [-0.15, -0.1) is 0 Å². The fourth-order valence-electron chi connectivity index (χ4n) is 3.98. The summed E-state index contributed by atoms with van der Waals surface area (Å²) in [5.74, 6) is 2.04. The number of likely N-dealkylation sites (N-methyl/N-ethyl adjacent to an activating group) is 1. The number of nitrogens with one attached hydrogen (secondary N) is 1. The molecular formula is C26H28N6O3. The van der Waals surface area contributed by atoms with Crippen molar-refractivity contribution in [2.45, 2.75) is 19.4 Å². The van der Waals surface area contributed by atoms with E-state index < -0.39 is 0 Å². The topological polar surface area (TPSA) is 94.4 Å². The first kappa shape index (κ1) is 22.6. The van der Waals surface area contributed by atoms with Crippen molar-refractivity contribution in [2.75, 3.05) is 32.7 Å². The van der Waals surface area contributed by atoms with Crippen LogP contribution in [0.4, 0.5) is 11.4 Å². The fraction of sp³-hybridized carbons (Fsp3) is 0.308. The standard InChI is InChI=1S/C26H28N6O3/c1-27-26(33)16-31-15-18(12-29-31)25-13-28-23-7-6-19(10-24(23)30-25)32(14-17-4-5-17)20-8-21(34-2)11-22(9-20)35-3/h6-13,15,17H,4-5,14,16H2,1-3H3,(H,27,33). The Bertz CT molecular complexity index is 1340. The largest absolute Gasteiger partial charge is 0.497 e. The van der Waals surface area contributed by atoms with Gasteiger partial charge in [0.05, 0.1) is 43.3 Å². The zero-order valence-electron chi connectivity index (χ0n) is 20.1. The van der Waals surface area contributed by atoms with E-state index in [4.69, 9.17) is 14.5 Å². The Hall–Kier alpha value is -4.14. The molecule has 9 nitrogen and oxygen atoms in total. The minimum Gasteiger partial charge on any atom is -0.497 e. The smallest absolute Gasteiger partial charge is 0.241 e. The number of rotatable bonds is 9. The van der Waals surface area contributed by atoms with E-state index in [0.717, 1.165) is 46.0 Å². The molecule has 1 amide bonds. The molecule has 180 valence electrons. The van der Waals surface area contributed by atoms with Crippen molar-refractivity contribution in [2.24, 2.45) is 5.92 Å². The Morgan fingerprint density at radius 2 is 1.83 bits per heavy atom. The number of aromatic nitrogens is 4. The van der Waals surface area contributed by atoms with E-state index in [1.807, 2.05) is 24.3 Å². The van der Waals surface area contributed by atoms with Gasteiger partial charge in [-0.05, 0) is 37.0 Å². The van der Waals surface area contributed by atoms with Gasteiger partial charge in [0, 0.05) is 54.9 Å². The second kappa shape index (κ2) is 9.61. The lowest BCUT2D eigenvalue weighted by Crippen LogP contribution is -2.23. The summed E-state index contributed by atoms with van der Waals surface area (Å²) in [6, 6.07) is 12.1. The van der Waals surface area contributed by atoms with Crippen LogP contribution in [0.2, 0.25) is 0 Å². The predicted molar refractivity (Wildman–Crippen MR) is 134 cm³/mol. The van der Waals surface area contributed by atoms with Crippen molar-refractivity contribution >= 4 is 28.3 Å². The van der Waals surface area contributed by atoms with Gasteiger partial charge in [-0.2, -0.15) is 5.10 Å². The highest BCUT2D eigenvalue weighted by Gasteiger charge is 2.26. The van der Waals surface area contributed by atoms with Crippen molar-refractivity contribution in [1.82, 2.24) is 25.1 Å². The molecule has 2 aromatic heterocycles. The van der Waals surface area contributed by atoms with E-state index in [9.17, 15) is 4.79 Å². The second-order valence-corrected chi connectivity index (χ2v) is 8.65. The molecule has 1 saturated carbocycles. The maximum atomic E-state index is 11.7. The Morgan fingerprint density at radius 1 is 1.06 bits per heavy atom. The summed E-state index contributed by atoms with van der Waals surface area (Å²) >= 11 is 0. The lowest BCUT2D eigenvalue weighted by atomic mass is 10.1. The third-order valence-corrected chi connectivity index (χ3v) is 6.14. The van der Waals surface area contributed by atoms with Crippen LogP contribution in [-0.2, 0) is 11.3 Å². The molecule has 0 spiro atoms. The quantitative estimate of drug-likeness (QED) is 0.396. The van der Waals surface area contributed by atoms with E-state index in [1.165, 1.54) is 12.8 Å². The zero-order chi connectivity index (χ0) is 24.4. The lowest BCUT2D eigenvalue weighted by Gasteiger charge is -2.26. The predicted octanol–water partition coefficient (Wildman–Crippen LogP) is 3.80. The molecule has 1 N–H and O–H groups in total. The summed E-state index contributed by atoms with van der Waals surface area (Å²) in [5, 5.41) is 6.88. The van der Waals surface area contributed by atoms with Crippen molar-refractivity contribution < 1.29 is 14.3 Å². The number of amides is 1. The van der Waals surface area contributed by atoms with Crippen molar-refractivity contribution in [3.63, 3.8) is 0 Å². The number of ether oxygens (including phenoxy) is 2. The molecule has 5 rings (SSSR count). The summed E-state index contributed by atoms with van der Waals surface area (Å²) in [7, 11) is 4.93. The molecule has 0 bridgehead atoms. The molecular weight excluding hydrogens is 444 g/mol. The fourth-order valence-corrected chi connectivity index (χ4v) is 3.98. The van der Waals surface area contributed by atoms with E-state index in [2.05, 4.69) is 32.4 Å². The number of hydrogen-bond acceptors (Lipinski definition) is 7. The molecule has 4 aromatic rings. The monoisotopic (exact) mass is 472 g/mol. The summed E-state index contributed by atoms with van der Waals surface area (Å²) < 4.78 is 12.6. The molecule has 1 fully saturated rings. The van der Waals surface area contributed by atoms with Crippen LogP contribution in [-0.4, -0.2) is 53.5 Å². The van der Waals surface area contributed by atoms with Gasteiger partial charge in [0.15, 0.2) is 0 Å². The van der Waals surface area contributed by atoms with Crippen LogP contribution in [0.1, 0.15) is 12.8 Å². The number of fused-ring (bicyclic) bond motifs is 1. The summed E-state index contributed by atoms with van der Waals surface area (Å²) in [6.45, 7) is 1.06. The van der Waals surface area contributed by atoms with Gasteiger partial charge in [0.2, 0.25) is 5.91 Å². The van der Waals surface area contributed by atoms with Gasteiger partial charge in [-0.25, -0.2) is 4.98 Å². The van der Waals surface area contributed by atoms with Crippen LogP contribution in [0.3, 0.4) is 0 Å². The summed E-state index contributed by atoms with van der Waals surface area (Å²) in [5.41, 5.74) is 5.14. The average molecular weight is 473 g/mol. The Kier molecular flexibility index (Phi) is 6.22. The first-order valence-electron chi connectivity index (χ1n) is 11.6. The van der Waals surface area contributed by atoms with Gasteiger partial charge in [0.25, 0.3) is 0 Å². The number of anilines is 2. The number of hydrogen-bond donors (Lipinski definition) is 1. The highest BCUT2D eigenvalue weighted by atomic mass is 16.5. The summed E-state index contributed by atoms with van der Waals surface area (Å²) in [4.78, 5) is 23.4. The minimum absolute atomic E-state index is 0.112. The van der Waals surface area contributed by atoms with Crippen molar-refractivity contribution in [3.8, 4) is 22.8 Å². The second-order valence-electron chi connectivity index (χ2n) is 8.65. The zero-order valence-corrected chi connectivity index (χ0v) is 20.1. The number of methoxy groups -OCH3 is 2. The van der Waals surface area contributed by atoms with E-state index in [1.54, 1.807) is 44.5 Å². The number of carbonyl (C=O) groups excluding carboxylic acids is 1. The van der Waals surface area contributed by atoms with Gasteiger partial charge in [0.1, 0.15) is 18.0 Å². The molecule has 0 atom stereocenters. The maximum absolute atomic E-state index is 11.7. The molecule has 0 saturated heterocycles. The molecule has 0 aliphatic heterocycles. The number of carbonyl (C=O) groups is 1. The molecule has 0 unspecified atom stereocenters. The molecule has 1 aliphatic carbocycles. The molecule has 0 radical (unpaired) electrons. The third-order valence-electron chi connectivity index (χ3n) is 6.14. The molecule has 2 aromatic carbocycles. The molecule has 35 heavy (non-hydrogen) atoms. The first-order valence-corrected chi connectivity index (χ1v) is 11.6. The van der Waals surface area contributed by atoms with Crippen LogP contribution in [0.25, 0.3) is 22.3 Å². The third kappa shape index (κ3) is 5.03. The summed E-state index contributed by atoms with van der Waals surface area (Å²) in [6.07, 6.45) is 7.70. The van der Waals surface area contributed by atoms with Crippen LogP contribution in [0, 0.1) is 5.92 Å².